The van der Waals surface area contributed by atoms with Gasteiger partial charge in [0.2, 0.25) is 0 Å². The number of aliphatic hydroxyl groups excluding tert-OH is 1. The molecule has 1 fully saturated rings. The molecule has 1 aliphatic carbocycles. The molecule has 0 aromatic rings. The van der Waals surface area contributed by atoms with Crippen LogP contribution in [0.25, 0.3) is 0 Å². The Hall–Kier alpha value is 0.210. The second kappa shape index (κ2) is 2.67. The minimum Gasteiger partial charge on any atom is -0.391 e. The van der Waals surface area contributed by atoms with Gasteiger partial charge in [0.15, 0.2) is 0 Å². The average Bonchev–Trinajstić information content (AvgIpc) is 2.17. The predicted octanol–water partition coefficient (Wildman–Crippen LogP) is 0.103. The van der Waals surface area contributed by atoms with E-state index in [1.54, 1.807) is 0 Å². The van der Waals surface area contributed by atoms with Crippen molar-refractivity contribution in [2.24, 2.45) is 0 Å². The molecule has 0 radical (unpaired) electrons. The molecule has 0 aromatic heterocycles. The van der Waals surface area contributed by atoms with Gasteiger partial charge in [0.05, 0.1) is 6.10 Å². The molecule has 0 aliphatic heterocycles. The van der Waals surface area contributed by atoms with E-state index < -0.39 is 0 Å². The second-order valence-electron chi connectivity index (χ2n) is 2.33. The summed E-state index contributed by atoms with van der Waals surface area (Å²) >= 11 is 0. The molecular weight excluding hydrogens is 126 g/mol. The Kier molecular flexibility index (Phi) is 2.74. The molecule has 0 aromatic carbocycles. The third-order valence-corrected chi connectivity index (χ3v) is 1.39. The molecule has 1 aliphatic rings. The topological polar surface area (TPSA) is 23.5 Å². The summed E-state index contributed by atoms with van der Waals surface area (Å²) in [6.07, 6.45) is 0.933. The van der Waals surface area contributed by atoms with Crippen molar-refractivity contribution >= 4 is 12.4 Å². The van der Waals surface area contributed by atoms with Gasteiger partial charge < -0.3 is 10.0 Å². The summed E-state index contributed by atoms with van der Waals surface area (Å²) in [5.41, 5.74) is 0. The maximum Gasteiger partial charge on any atom is 0.0712 e. The van der Waals surface area contributed by atoms with Crippen LogP contribution < -0.4 is 0 Å². The van der Waals surface area contributed by atoms with E-state index in [0.717, 1.165) is 6.42 Å². The lowest BCUT2D eigenvalue weighted by Gasteiger charge is -2.04. The van der Waals surface area contributed by atoms with Crippen LogP contribution in [0.2, 0.25) is 0 Å². The van der Waals surface area contributed by atoms with Crippen LogP contribution in [0, 0.1) is 0 Å². The van der Waals surface area contributed by atoms with Crippen molar-refractivity contribution in [3.8, 4) is 0 Å². The fourth-order valence-corrected chi connectivity index (χ4v) is 0.724. The van der Waals surface area contributed by atoms with Gasteiger partial charge in [0, 0.05) is 6.04 Å². The summed E-state index contributed by atoms with van der Waals surface area (Å²) in [5.74, 6) is 0. The molecule has 2 atom stereocenters. The minimum absolute atomic E-state index is 0. The third-order valence-electron chi connectivity index (χ3n) is 1.39. The van der Waals surface area contributed by atoms with Crippen LogP contribution in [-0.4, -0.2) is 36.2 Å². The van der Waals surface area contributed by atoms with Crippen LogP contribution in [0.1, 0.15) is 6.42 Å². The number of halogens is 1. The Labute approximate surface area is 55.9 Å². The predicted molar refractivity (Wildman–Crippen MR) is 35.3 cm³/mol. The van der Waals surface area contributed by atoms with Crippen molar-refractivity contribution < 1.29 is 5.11 Å². The standard InChI is InChI=1S/C5H11NO.ClH/c1-6(2)4-3-5(4)7;/h4-5,7H,3H2,1-2H3;1H/t4-,5+;/m0./s1. The number of likely N-dealkylation sites (N-methyl/N-ethyl adjacent to an activating group) is 1. The Morgan fingerprint density at radius 3 is 1.88 bits per heavy atom. The molecule has 0 spiro atoms. The van der Waals surface area contributed by atoms with Crippen molar-refractivity contribution in [3.63, 3.8) is 0 Å². The van der Waals surface area contributed by atoms with Gasteiger partial charge >= 0.3 is 0 Å². The monoisotopic (exact) mass is 137 g/mol. The van der Waals surface area contributed by atoms with Crippen molar-refractivity contribution in [2.75, 3.05) is 14.1 Å². The molecule has 0 bridgehead atoms. The molecule has 8 heavy (non-hydrogen) atoms. The first kappa shape index (κ1) is 8.21. The van der Waals surface area contributed by atoms with E-state index in [4.69, 9.17) is 5.11 Å². The van der Waals surface area contributed by atoms with E-state index in [1.807, 2.05) is 19.0 Å². The first-order valence-corrected chi connectivity index (χ1v) is 2.56. The van der Waals surface area contributed by atoms with Crippen molar-refractivity contribution in [1.82, 2.24) is 4.90 Å². The Balaban J connectivity index is 0.000000490. The summed E-state index contributed by atoms with van der Waals surface area (Å²) < 4.78 is 0. The van der Waals surface area contributed by atoms with Crippen LogP contribution in [0.4, 0.5) is 0 Å². The lowest BCUT2D eigenvalue weighted by Crippen LogP contribution is -2.17. The van der Waals surface area contributed by atoms with E-state index in [1.165, 1.54) is 0 Å². The molecule has 1 saturated carbocycles. The third kappa shape index (κ3) is 1.62. The highest BCUT2D eigenvalue weighted by Crippen LogP contribution is 2.24. The van der Waals surface area contributed by atoms with E-state index >= 15 is 0 Å². The van der Waals surface area contributed by atoms with Crippen molar-refractivity contribution in [1.29, 1.82) is 0 Å². The van der Waals surface area contributed by atoms with Gasteiger partial charge in [0.25, 0.3) is 0 Å². The fourth-order valence-electron chi connectivity index (χ4n) is 0.724. The maximum absolute atomic E-state index is 8.76. The highest BCUT2D eigenvalue weighted by atomic mass is 35.5. The highest BCUT2D eigenvalue weighted by molar-refractivity contribution is 5.85. The first-order valence-electron chi connectivity index (χ1n) is 2.56. The highest BCUT2D eigenvalue weighted by Gasteiger charge is 2.36. The lowest BCUT2D eigenvalue weighted by molar-refractivity contribution is 0.231. The van der Waals surface area contributed by atoms with Crippen molar-refractivity contribution in [2.45, 2.75) is 18.6 Å². The molecule has 1 N–H and O–H groups in total. The minimum atomic E-state index is -0.0324. The quantitative estimate of drug-likeness (QED) is 0.555. The summed E-state index contributed by atoms with van der Waals surface area (Å²) in [7, 11) is 3.97. The zero-order chi connectivity index (χ0) is 5.44. The first-order chi connectivity index (χ1) is 3.22. The van der Waals surface area contributed by atoms with Gasteiger partial charge in [-0.05, 0) is 20.5 Å². The van der Waals surface area contributed by atoms with E-state index in [9.17, 15) is 0 Å². The van der Waals surface area contributed by atoms with E-state index in [0.29, 0.717) is 6.04 Å². The number of nitrogens with zero attached hydrogens (tertiary/aromatic N) is 1. The average molecular weight is 138 g/mol. The fraction of sp³-hybridized carbons (Fsp3) is 1.00. The number of hydrogen-bond donors (Lipinski definition) is 1. The molecule has 0 saturated heterocycles. The maximum atomic E-state index is 8.76. The largest absolute Gasteiger partial charge is 0.391 e. The van der Waals surface area contributed by atoms with Gasteiger partial charge in [-0.3, -0.25) is 0 Å². The number of rotatable bonds is 1. The molecule has 3 heteroatoms. The SMILES string of the molecule is CN(C)[C@H]1C[C@H]1O.Cl. The Morgan fingerprint density at radius 2 is 1.88 bits per heavy atom. The van der Waals surface area contributed by atoms with Crippen LogP contribution in [0.5, 0.6) is 0 Å². The molecular formula is C5H12ClNO. The van der Waals surface area contributed by atoms with Gasteiger partial charge in [-0.1, -0.05) is 0 Å². The zero-order valence-electron chi connectivity index (χ0n) is 5.16. The molecule has 0 heterocycles. The zero-order valence-corrected chi connectivity index (χ0v) is 5.98. The second-order valence-corrected chi connectivity index (χ2v) is 2.33. The van der Waals surface area contributed by atoms with Gasteiger partial charge in [0.1, 0.15) is 0 Å². The van der Waals surface area contributed by atoms with Crippen LogP contribution in [-0.2, 0) is 0 Å². The van der Waals surface area contributed by atoms with E-state index in [2.05, 4.69) is 0 Å². The van der Waals surface area contributed by atoms with Crippen LogP contribution in [0.15, 0.2) is 0 Å². The molecule has 50 valence electrons. The van der Waals surface area contributed by atoms with Gasteiger partial charge in [-0.2, -0.15) is 0 Å². The van der Waals surface area contributed by atoms with E-state index in [-0.39, 0.29) is 18.5 Å². The summed E-state index contributed by atoms with van der Waals surface area (Å²) in [6.45, 7) is 0. The summed E-state index contributed by atoms with van der Waals surface area (Å²) in [6, 6.07) is 0.458. The summed E-state index contributed by atoms with van der Waals surface area (Å²) in [5, 5.41) is 8.76. The normalized spacial score (nSPS) is 34.5. The Morgan fingerprint density at radius 1 is 1.50 bits per heavy atom. The lowest BCUT2D eigenvalue weighted by atomic mass is 10.6. The number of hydrogen-bond acceptors (Lipinski definition) is 2. The summed E-state index contributed by atoms with van der Waals surface area (Å²) in [4.78, 5) is 2.05. The van der Waals surface area contributed by atoms with Gasteiger partial charge in [-0.25, -0.2) is 0 Å². The molecule has 2 nitrogen and oxygen atoms in total. The van der Waals surface area contributed by atoms with Crippen molar-refractivity contribution in [3.05, 3.63) is 0 Å². The van der Waals surface area contributed by atoms with Gasteiger partial charge in [-0.15, -0.1) is 12.4 Å². The number of aliphatic hydroxyl groups is 1. The van der Waals surface area contributed by atoms with Crippen LogP contribution in [0.3, 0.4) is 0 Å². The van der Waals surface area contributed by atoms with Crippen LogP contribution >= 0.6 is 12.4 Å². The molecule has 0 amide bonds. The Bertz CT molecular complexity index is 76.8. The molecule has 1 rings (SSSR count). The smallest absolute Gasteiger partial charge is 0.0712 e. The molecule has 0 unspecified atom stereocenters.